The van der Waals surface area contributed by atoms with E-state index in [9.17, 15) is 9.18 Å². The van der Waals surface area contributed by atoms with Gasteiger partial charge in [-0.3, -0.25) is 0 Å². The number of carbonyl (C=O) groups is 1. The van der Waals surface area contributed by atoms with E-state index in [-0.39, 0.29) is 10.0 Å². The maximum absolute atomic E-state index is 14.2. The van der Waals surface area contributed by atoms with Crippen LogP contribution in [0.25, 0.3) is 0 Å². The summed E-state index contributed by atoms with van der Waals surface area (Å²) in [6.45, 7) is 0.663. The third-order valence-electron chi connectivity index (χ3n) is 2.98. The minimum absolute atomic E-state index is 0.00882. The summed E-state index contributed by atoms with van der Waals surface area (Å²) in [5.74, 6) is -1.69. The zero-order valence-corrected chi connectivity index (χ0v) is 13.2. The fraction of sp³-hybridized carbons (Fsp3) is 0.214. The summed E-state index contributed by atoms with van der Waals surface area (Å²) in [5, 5.41) is 10.9. The second-order valence-electron chi connectivity index (χ2n) is 4.32. The van der Waals surface area contributed by atoms with Gasteiger partial charge in [0.1, 0.15) is 0 Å². The van der Waals surface area contributed by atoms with Gasteiger partial charge in [0.05, 0.1) is 15.7 Å². The first-order valence-electron chi connectivity index (χ1n) is 5.95. The smallest absolute Gasteiger partial charge is 0.336 e. The molecule has 0 fully saturated rings. The SMILES string of the molecule is CN(CCc1cccs1)c1ccc(C(=O)O)c(Br)c1F. The van der Waals surface area contributed by atoms with Crippen LogP contribution in [0, 0.1) is 5.82 Å². The number of hydrogen-bond acceptors (Lipinski definition) is 3. The van der Waals surface area contributed by atoms with Crippen molar-refractivity contribution in [2.45, 2.75) is 6.42 Å². The maximum Gasteiger partial charge on any atom is 0.336 e. The Bertz CT molecular complexity index is 616. The molecule has 6 heteroatoms. The molecule has 0 aliphatic rings. The molecule has 0 atom stereocenters. The van der Waals surface area contributed by atoms with Gasteiger partial charge in [0, 0.05) is 18.5 Å². The van der Waals surface area contributed by atoms with Crippen LogP contribution in [0.2, 0.25) is 0 Å². The topological polar surface area (TPSA) is 40.5 Å². The van der Waals surface area contributed by atoms with Crippen molar-refractivity contribution in [3.63, 3.8) is 0 Å². The number of hydrogen-bond donors (Lipinski definition) is 1. The fourth-order valence-corrected chi connectivity index (χ4v) is 3.06. The van der Waals surface area contributed by atoms with Crippen LogP contribution in [-0.4, -0.2) is 24.7 Å². The summed E-state index contributed by atoms with van der Waals surface area (Å²) in [6, 6.07) is 6.93. The number of aromatic carboxylic acids is 1. The summed E-state index contributed by atoms with van der Waals surface area (Å²) >= 11 is 4.68. The van der Waals surface area contributed by atoms with Crippen molar-refractivity contribution in [2.24, 2.45) is 0 Å². The van der Waals surface area contributed by atoms with E-state index < -0.39 is 11.8 Å². The number of benzene rings is 1. The van der Waals surface area contributed by atoms with Gasteiger partial charge in [-0.1, -0.05) is 6.07 Å². The monoisotopic (exact) mass is 357 g/mol. The normalized spacial score (nSPS) is 10.6. The lowest BCUT2D eigenvalue weighted by atomic mass is 10.2. The average molecular weight is 358 g/mol. The summed E-state index contributed by atoms with van der Waals surface area (Å²) in [4.78, 5) is 13.9. The number of likely N-dealkylation sites (N-methyl/N-ethyl adjacent to an activating group) is 1. The molecule has 1 aromatic carbocycles. The molecule has 0 aliphatic carbocycles. The lowest BCUT2D eigenvalue weighted by molar-refractivity contribution is 0.0695. The molecule has 0 aliphatic heterocycles. The maximum atomic E-state index is 14.2. The Morgan fingerprint density at radius 1 is 1.45 bits per heavy atom. The van der Waals surface area contributed by atoms with Gasteiger partial charge in [0.25, 0.3) is 0 Å². The first kappa shape index (κ1) is 15.0. The largest absolute Gasteiger partial charge is 0.478 e. The average Bonchev–Trinajstić information content (AvgIpc) is 2.92. The van der Waals surface area contributed by atoms with E-state index in [0.717, 1.165) is 6.42 Å². The van der Waals surface area contributed by atoms with E-state index in [1.165, 1.54) is 17.0 Å². The van der Waals surface area contributed by atoms with Gasteiger partial charge in [0.15, 0.2) is 5.82 Å². The van der Waals surface area contributed by atoms with Crippen molar-refractivity contribution in [3.8, 4) is 0 Å². The van der Waals surface area contributed by atoms with E-state index in [2.05, 4.69) is 15.9 Å². The summed E-state index contributed by atoms with van der Waals surface area (Å²) < 4.78 is 14.2. The number of thiophene rings is 1. The fourth-order valence-electron chi connectivity index (χ4n) is 1.85. The Morgan fingerprint density at radius 2 is 2.20 bits per heavy atom. The van der Waals surface area contributed by atoms with Gasteiger partial charge in [-0.2, -0.15) is 0 Å². The predicted molar refractivity (Wildman–Crippen MR) is 82.4 cm³/mol. The molecule has 2 rings (SSSR count). The van der Waals surface area contributed by atoms with Crippen LogP contribution in [0.15, 0.2) is 34.1 Å². The highest BCUT2D eigenvalue weighted by atomic mass is 79.9. The molecule has 0 spiro atoms. The molecule has 0 radical (unpaired) electrons. The van der Waals surface area contributed by atoms with E-state index in [0.29, 0.717) is 12.2 Å². The van der Waals surface area contributed by atoms with Crippen molar-refractivity contribution in [2.75, 3.05) is 18.5 Å². The highest BCUT2D eigenvalue weighted by Crippen LogP contribution is 2.29. The molecule has 1 N–H and O–H groups in total. The van der Waals surface area contributed by atoms with Crippen LogP contribution in [0.5, 0.6) is 0 Å². The zero-order chi connectivity index (χ0) is 14.7. The first-order chi connectivity index (χ1) is 9.50. The van der Waals surface area contributed by atoms with Crippen LogP contribution in [0.1, 0.15) is 15.2 Å². The molecule has 0 saturated heterocycles. The molecule has 106 valence electrons. The first-order valence-corrected chi connectivity index (χ1v) is 7.62. The number of nitrogens with zero attached hydrogens (tertiary/aromatic N) is 1. The standard InChI is InChI=1S/C14H13BrFNO2S/c1-17(7-6-9-3-2-8-20-9)11-5-4-10(14(18)19)12(15)13(11)16/h2-5,8H,6-7H2,1H3,(H,18,19). The third-order valence-corrected chi connectivity index (χ3v) is 4.69. The van der Waals surface area contributed by atoms with Crippen LogP contribution < -0.4 is 4.90 Å². The quantitative estimate of drug-likeness (QED) is 0.878. The Labute approximate surface area is 128 Å². The van der Waals surface area contributed by atoms with E-state index in [1.807, 2.05) is 17.5 Å². The molecule has 0 saturated carbocycles. The zero-order valence-electron chi connectivity index (χ0n) is 10.8. The second-order valence-corrected chi connectivity index (χ2v) is 6.14. The van der Waals surface area contributed by atoms with Crippen molar-refractivity contribution in [1.82, 2.24) is 0 Å². The van der Waals surface area contributed by atoms with E-state index in [1.54, 1.807) is 23.3 Å². The van der Waals surface area contributed by atoms with Crippen LogP contribution in [-0.2, 0) is 6.42 Å². The summed E-state index contributed by atoms with van der Waals surface area (Å²) in [6.07, 6.45) is 0.825. The number of anilines is 1. The molecular weight excluding hydrogens is 345 g/mol. The van der Waals surface area contributed by atoms with Gasteiger partial charge < -0.3 is 10.0 Å². The number of carboxylic acids is 1. The predicted octanol–water partition coefficient (Wildman–Crippen LogP) is 4.03. The summed E-state index contributed by atoms with van der Waals surface area (Å²) in [7, 11) is 1.79. The Kier molecular flexibility index (Phi) is 4.77. The minimum Gasteiger partial charge on any atom is -0.478 e. The Balaban J connectivity index is 2.16. The van der Waals surface area contributed by atoms with Gasteiger partial charge in [-0.25, -0.2) is 9.18 Å². The number of rotatable bonds is 5. The van der Waals surface area contributed by atoms with Crippen molar-refractivity contribution < 1.29 is 14.3 Å². The lowest BCUT2D eigenvalue weighted by Crippen LogP contribution is -2.21. The molecule has 0 bridgehead atoms. The number of carboxylic acid groups (broad SMARTS) is 1. The van der Waals surface area contributed by atoms with Gasteiger partial charge >= 0.3 is 5.97 Å². The van der Waals surface area contributed by atoms with Crippen molar-refractivity contribution in [1.29, 1.82) is 0 Å². The van der Waals surface area contributed by atoms with Gasteiger partial charge in [0.2, 0.25) is 0 Å². The summed E-state index contributed by atoms with van der Waals surface area (Å²) in [5.41, 5.74) is 0.316. The van der Waals surface area contributed by atoms with Gasteiger partial charge in [-0.15, -0.1) is 11.3 Å². The third kappa shape index (κ3) is 3.19. The van der Waals surface area contributed by atoms with Crippen LogP contribution in [0.3, 0.4) is 0 Å². The second kappa shape index (κ2) is 6.37. The van der Waals surface area contributed by atoms with E-state index in [4.69, 9.17) is 5.11 Å². The van der Waals surface area contributed by atoms with Crippen molar-refractivity contribution >= 4 is 38.9 Å². The molecule has 1 heterocycles. The Hall–Kier alpha value is -1.40. The lowest BCUT2D eigenvalue weighted by Gasteiger charge is -2.20. The van der Waals surface area contributed by atoms with Crippen LogP contribution in [0.4, 0.5) is 10.1 Å². The van der Waals surface area contributed by atoms with Crippen molar-refractivity contribution in [3.05, 3.63) is 50.4 Å². The minimum atomic E-state index is -1.15. The number of halogens is 2. The highest BCUT2D eigenvalue weighted by Gasteiger charge is 2.17. The molecule has 0 amide bonds. The molecule has 3 nitrogen and oxygen atoms in total. The highest BCUT2D eigenvalue weighted by molar-refractivity contribution is 9.10. The van der Waals surface area contributed by atoms with E-state index >= 15 is 0 Å². The molecule has 0 unspecified atom stereocenters. The molecular formula is C14H13BrFNO2S. The molecule has 20 heavy (non-hydrogen) atoms. The molecule has 1 aromatic heterocycles. The van der Waals surface area contributed by atoms with Crippen LogP contribution >= 0.6 is 27.3 Å². The Morgan fingerprint density at radius 3 is 2.80 bits per heavy atom. The van der Waals surface area contributed by atoms with Gasteiger partial charge in [-0.05, 0) is 45.9 Å². The molecule has 2 aromatic rings.